The highest BCUT2D eigenvalue weighted by Crippen LogP contribution is 2.21. The number of aromatic nitrogens is 3. The summed E-state index contributed by atoms with van der Waals surface area (Å²) >= 11 is 0. The average molecular weight is 390 g/mol. The Hall–Kier alpha value is -3.07. The van der Waals surface area contributed by atoms with Crippen LogP contribution in [0.25, 0.3) is 5.52 Å². The van der Waals surface area contributed by atoms with E-state index < -0.39 is 31.4 Å². The van der Waals surface area contributed by atoms with Gasteiger partial charge in [-0.1, -0.05) is 6.07 Å². The fourth-order valence-electron chi connectivity index (χ4n) is 2.81. The van der Waals surface area contributed by atoms with Gasteiger partial charge in [-0.25, -0.2) is 13.3 Å². The van der Waals surface area contributed by atoms with Gasteiger partial charge in [0, 0.05) is 24.9 Å². The van der Waals surface area contributed by atoms with Crippen LogP contribution in [0.2, 0.25) is 0 Å². The summed E-state index contributed by atoms with van der Waals surface area (Å²) in [6.07, 6.45) is 0.0601. The number of nitrogens with zero attached hydrogens (tertiary/aromatic N) is 3. The van der Waals surface area contributed by atoms with Gasteiger partial charge in [0.1, 0.15) is 12.4 Å². The number of ether oxygens (including phenoxy) is 1. The van der Waals surface area contributed by atoms with E-state index >= 15 is 0 Å². The topological polar surface area (TPSA) is 88.8 Å². The summed E-state index contributed by atoms with van der Waals surface area (Å²) in [5.41, 5.74) is 1.91. The van der Waals surface area contributed by atoms with Crippen LogP contribution in [0, 0.1) is 6.92 Å². The van der Waals surface area contributed by atoms with Crippen LogP contribution >= 0.6 is 0 Å². The molecule has 3 rings (SSSR count). The minimum Gasteiger partial charge on any atom is -0.487 e. The lowest BCUT2D eigenvalue weighted by atomic mass is 10.1. The van der Waals surface area contributed by atoms with Crippen molar-refractivity contribution in [3.8, 4) is 5.75 Å². The molecule has 3 heterocycles. The van der Waals surface area contributed by atoms with Crippen molar-refractivity contribution in [3.05, 3.63) is 59.7 Å². The van der Waals surface area contributed by atoms with E-state index in [4.69, 9.17) is 4.74 Å². The van der Waals surface area contributed by atoms with E-state index in [1.807, 2.05) is 18.2 Å². The number of alkyl halides is 2. The molecule has 7 nitrogen and oxygen atoms in total. The van der Waals surface area contributed by atoms with Crippen molar-refractivity contribution < 1.29 is 23.4 Å². The van der Waals surface area contributed by atoms with Gasteiger partial charge >= 0.3 is 0 Å². The number of amides is 1. The normalized spacial score (nSPS) is 12.3. The van der Waals surface area contributed by atoms with Crippen LogP contribution in [0.3, 0.4) is 0 Å². The van der Waals surface area contributed by atoms with Crippen molar-refractivity contribution in [1.82, 2.24) is 19.9 Å². The average Bonchev–Trinajstić information content (AvgIpc) is 3.01. The number of fused-ring (bicyclic) bond motifs is 1. The van der Waals surface area contributed by atoms with Gasteiger partial charge in [0.2, 0.25) is 6.43 Å². The predicted molar refractivity (Wildman–Crippen MR) is 97.5 cm³/mol. The minimum absolute atomic E-state index is 0.246. The number of rotatable bonds is 8. The summed E-state index contributed by atoms with van der Waals surface area (Å²) in [5, 5.41) is 15.9. The fraction of sp³-hybridized carbons (Fsp3) is 0.316. The minimum atomic E-state index is -2.63. The van der Waals surface area contributed by atoms with Crippen molar-refractivity contribution in [2.75, 3.05) is 6.61 Å². The number of aliphatic hydroxyl groups excluding tert-OH is 1. The summed E-state index contributed by atoms with van der Waals surface area (Å²) in [4.78, 5) is 16.8. The molecule has 0 spiro atoms. The van der Waals surface area contributed by atoms with Gasteiger partial charge in [-0.05, 0) is 25.1 Å². The summed E-state index contributed by atoms with van der Waals surface area (Å²) in [5.74, 6) is -0.0625. The lowest BCUT2D eigenvalue weighted by Crippen LogP contribution is -2.39. The molecule has 3 aromatic rings. The fourth-order valence-corrected chi connectivity index (χ4v) is 2.81. The maximum Gasteiger partial charge on any atom is 0.255 e. The van der Waals surface area contributed by atoms with Gasteiger partial charge in [0.15, 0.2) is 0 Å². The number of nitrogens with one attached hydrogen (secondary N) is 1. The Kier molecular flexibility index (Phi) is 6.15. The second-order valence-electron chi connectivity index (χ2n) is 6.24. The standard InChI is InChI=1S/C19H20F2N4O3/c1-12-18(19(27)23-14(10-26)8-17(20)21)16-9-15(5-7-25(16)24-12)28-11-13-4-2-3-6-22-13/h2-7,9,14,17,26H,8,10-11H2,1H3,(H,23,27). The molecule has 28 heavy (non-hydrogen) atoms. The van der Waals surface area contributed by atoms with E-state index in [9.17, 15) is 18.7 Å². The second-order valence-corrected chi connectivity index (χ2v) is 6.24. The largest absolute Gasteiger partial charge is 0.487 e. The van der Waals surface area contributed by atoms with Crippen molar-refractivity contribution in [3.63, 3.8) is 0 Å². The number of aliphatic hydroxyl groups is 1. The Balaban J connectivity index is 1.81. The van der Waals surface area contributed by atoms with E-state index in [-0.39, 0.29) is 12.2 Å². The molecule has 0 saturated carbocycles. The first-order valence-electron chi connectivity index (χ1n) is 8.69. The molecule has 0 bridgehead atoms. The maximum absolute atomic E-state index is 12.6. The molecule has 3 aromatic heterocycles. The van der Waals surface area contributed by atoms with Gasteiger partial charge in [-0.3, -0.25) is 9.78 Å². The Labute approximate surface area is 160 Å². The van der Waals surface area contributed by atoms with E-state index in [0.29, 0.717) is 17.0 Å². The van der Waals surface area contributed by atoms with Gasteiger partial charge in [-0.2, -0.15) is 5.10 Å². The Morgan fingerprint density at radius 3 is 2.86 bits per heavy atom. The number of aryl methyl sites for hydroxylation is 1. The second kappa shape index (κ2) is 8.75. The lowest BCUT2D eigenvalue weighted by Gasteiger charge is -2.15. The van der Waals surface area contributed by atoms with Crippen LogP contribution in [0.15, 0.2) is 42.7 Å². The first-order valence-corrected chi connectivity index (χ1v) is 8.69. The molecule has 0 aliphatic carbocycles. The highest BCUT2D eigenvalue weighted by molar-refractivity contribution is 6.02. The Morgan fingerprint density at radius 1 is 1.36 bits per heavy atom. The summed E-state index contributed by atoms with van der Waals surface area (Å²) < 4.78 is 32.4. The predicted octanol–water partition coefficient (Wildman–Crippen LogP) is 2.36. The summed E-state index contributed by atoms with van der Waals surface area (Å²) in [6, 6.07) is 7.82. The number of pyridine rings is 2. The van der Waals surface area contributed by atoms with Crippen LogP contribution in [0.5, 0.6) is 5.75 Å². The van der Waals surface area contributed by atoms with Crippen LogP contribution in [0.1, 0.15) is 28.2 Å². The van der Waals surface area contributed by atoms with Crippen LogP contribution in [-0.2, 0) is 6.61 Å². The summed E-state index contributed by atoms with van der Waals surface area (Å²) in [6.45, 7) is 1.33. The molecule has 1 atom stereocenters. The number of carbonyl (C=O) groups is 1. The van der Waals surface area contributed by atoms with Crippen molar-refractivity contribution >= 4 is 11.4 Å². The SMILES string of the molecule is Cc1nn2ccc(OCc3ccccn3)cc2c1C(=O)NC(CO)CC(F)F. The van der Waals surface area contributed by atoms with Crippen LogP contribution in [-0.4, -0.2) is 44.7 Å². The van der Waals surface area contributed by atoms with Gasteiger partial charge in [0.05, 0.1) is 35.1 Å². The van der Waals surface area contributed by atoms with E-state index in [1.165, 1.54) is 4.52 Å². The third-order valence-corrected chi connectivity index (χ3v) is 4.14. The molecule has 0 radical (unpaired) electrons. The molecule has 2 N–H and O–H groups in total. The summed E-state index contributed by atoms with van der Waals surface area (Å²) in [7, 11) is 0. The van der Waals surface area contributed by atoms with Crippen molar-refractivity contribution in [2.45, 2.75) is 32.4 Å². The molecule has 0 aromatic carbocycles. The molecule has 0 aliphatic heterocycles. The van der Waals surface area contributed by atoms with Crippen molar-refractivity contribution in [2.24, 2.45) is 0 Å². The molecular weight excluding hydrogens is 370 g/mol. The zero-order valence-electron chi connectivity index (χ0n) is 15.2. The zero-order chi connectivity index (χ0) is 20.1. The number of hydrogen-bond acceptors (Lipinski definition) is 5. The van der Waals surface area contributed by atoms with Crippen LogP contribution in [0.4, 0.5) is 8.78 Å². The maximum atomic E-state index is 12.6. The molecule has 1 amide bonds. The van der Waals surface area contributed by atoms with E-state index in [2.05, 4.69) is 15.4 Å². The highest BCUT2D eigenvalue weighted by Gasteiger charge is 2.22. The Bertz CT molecular complexity index is 947. The Morgan fingerprint density at radius 2 is 2.18 bits per heavy atom. The van der Waals surface area contributed by atoms with Gasteiger partial charge < -0.3 is 15.2 Å². The first-order chi connectivity index (χ1) is 13.5. The lowest BCUT2D eigenvalue weighted by molar-refractivity contribution is 0.0822. The quantitative estimate of drug-likeness (QED) is 0.617. The molecular formula is C19H20F2N4O3. The van der Waals surface area contributed by atoms with Gasteiger partial charge in [-0.15, -0.1) is 0 Å². The zero-order valence-corrected chi connectivity index (χ0v) is 15.2. The van der Waals surface area contributed by atoms with E-state index in [1.54, 1.807) is 31.5 Å². The first kappa shape index (κ1) is 19.7. The van der Waals surface area contributed by atoms with Crippen molar-refractivity contribution in [1.29, 1.82) is 0 Å². The van der Waals surface area contributed by atoms with Crippen LogP contribution < -0.4 is 10.1 Å². The number of hydrogen-bond donors (Lipinski definition) is 2. The molecule has 0 saturated heterocycles. The smallest absolute Gasteiger partial charge is 0.255 e. The van der Waals surface area contributed by atoms with E-state index in [0.717, 1.165) is 5.69 Å². The monoisotopic (exact) mass is 390 g/mol. The molecule has 0 aliphatic rings. The number of carbonyl (C=O) groups excluding carboxylic acids is 1. The molecule has 1 unspecified atom stereocenters. The number of halogens is 2. The van der Waals surface area contributed by atoms with Gasteiger partial charge in [0.25, 0.3) is 5.91 Å². The third-order valence-electron chi connectivity index (χ3n) is 4.14. The highest BCUT2D eigenvalue weighted by atomic mass is 19.3. The molecule has 148 valence electrons. The third kappa shape index (κ3) is 4.61. The molecule has 0 fully saturated rings. The molecule has 9 heteroatoms.